The molecule has 0 spiro atoms. The molecule has 0 bridgehead atoms. The van der Waals surface area contributed by atoms with Gasteiger partial charge in [-0.05, 0) is 24.1 Å². The summed E-state index contributed by atoms with van der Waals surface area (Å²) in [5.41, 5.74) is 6.00. The molecular formula is C13H18N2O4. The van der Waals surface area contributed by atoms with Crippen molar-refractivity contribution >= 4 is 17.6 Å². The minimum absolute atomic E-state index is 0.0618. The van der Waals surface area contributed by atoms with E-state index in [0.717, 1.165) is 0 Å². The molecule has 0 unspecified atom stereocenters. The lowest BCUT2D eigenvalue weighted by Crippen LogP contribution is -2.31. The van der Waals surface area contributed by atoms with Crippen LogP contribution in [0.3, 0.4) is 0 Å². The summed E-state index contributed by atoms with van der Waals surface area (Å²) in [4.78, 5) is 22.3. The molecule has 104 valence electrons. The molecule has 1 amide bonds. The second-order valence-corrected chi connectivity index (χ2v) is 4.54. The molecule has 0 aliphatic carbocycles. The molecule has 19 heavy (non-hydrogen) atoms. The van der Waals surface area contributed by atoms with Crippen molar-refractivity contribution in [3.8, 4) is 5.75 Å². The number of carbonyl (C=O) groups excluding carboxylic acids is 1. The summed E-state index contributed by atoms with van der Waals surface area (Å²) < 4.78 is 5.22. The zero-order valence-electron chi connectivity index (χ0n) is 11.0. The van der Waals surface area contributed by atoms with Crippen LogP contribution in [0.4, 0.5) is 5.69 Å². The van der Waals surface area contributed by atoms with E-state index in [2.05, 4.69) is 5.32 Å². The van der Waals surface area contributed by atoms with Gasteiger partial charge in [0, 0.05) is 6.54 Å². The first kappa shape index (κ1) is 14.8. The van der Waals surface area contributed by atoms with Gasteiger partial charge in [0.15, 0.2) is 6.61 Å². The standard InChI is InChI=1S/C13H18N2O4/c1-8(2)6-15-12(16)7-19-11-5-9(13(17)18)3-4-10(11)14/h3-5,8H,6-7,14H2,1-2H3,(H,15,16)(H,17,18). The number of nitrogen functional groups attached to an aromatic ring is 1. The molecule has 0 saturated heterocycles. The third-order valence-electron chi connectivity index (χ3n) is 2.33. The number of nitrogens with one attached hydrogen (secondary N) is 1. The average Bonchev–Trinajstić information content (AvgIpc) is 2.35. The van der Waals surface area contributed by atoms with E-state index < -0.39 is 5.97 Å². The van der Waals surface area contributed by atoms with Crippen LogP contribution < -0.4 is 15.8 Å². The van der Waals surface area contributed by atoms with Crippen LogP contribution in [0.15, 0.2) is 18.2 Å². The molecule has 1 aromatic rings. The van der Waals surface area contributed by atoms with Crippen LogP contribution in [0, 0.1) is 5.92 Å². The predicted octanol–water partition coefficient (Wildman–Crippen LogP) is 1.12. The first-order valence-corrected chi connectivity index (χ1v) is 5.92. The second kappa shape index (κ2) is 6.63. The van der Waals surface area contributed by atoms with Crippen LogP contribution in [-0.2, 0) is 4.79 Å². The summed E-state index contributed by atoms with van der Waals surface area (Å²) in [6, 6.07) is 4.11. The van der Waals surface area contributed by atoms with E-state index >= 15 is 0 Å². The molecule has 0 saturated carbocycles. The fourth-order valence-corrected chi connectivity index (χ4v) is 1.30. The highest BCUT2D eigenvalue weighted by molar-refractivity contribution is 5.89. The number of carbonyl (C=O) groups is 2. The van der Waals surface area contributed by atoms with Crippen LogP contribution in [0.5, 0.6) is 5.75 Å². The highest BCUT2D eigenvalue weighted by atomic mass is 16.5. The van der Waals surface area contributed by atoms with Gasteiger partial charge in [-0.25, -0.2) is 4.79 Å². The van der Waals surface area contributed by atoms with E-state index in [9.17, 15) is 9.59 Å². The van der Waals surface area contributed by atoms with Crippen LogP contribution in [0.25, 0.3) is 0 Å². The highest BCUT2D eigenvalue weighted by Gasteiger charge is 2.09. The van der Waals surface area contributed by atoms with Crippen molar-refractivity contribution in [3.63, 3.8) is 0 Å². The molecule has 6 heteroatoms. The van der Waals surface area contributed by atoms with Crippen molar-refractivity contribution in [2.24, 2.45) is 5.92 Å². The largest absolute Gasteiger partial charge is 0.482 e. The number of hydrogen-bond donors (Lipinski definition) is 3. The van der Waals surface area contributed by atoms with Gasteiger partial charge < -0.3 is 20.9 Å². The topological polar surface area (TPSA) is 102 Å². The number of benzene rings is 1. The maximum absolute atomic E-state index is 11.5. The molecule has 6 nitrogen and oxygen atoms in total. The molecule has 0 aromatic heterocycles. The maximum atomic E-state index is 11.5. The summed E-state index contributed by atoms with van der Waals surface area (Å²) in [6.07, 6.45) is 0. The van der Waals surface area contributed by atoms with Crippen LogP contribution in [0.2, 0.25) is 0 Å². The quantitative estimate of drug-likeness (QED) is 0.670. The van der Waals surface area contributed by atoms with Crippen molar-refractivity contribution in [3.05, 3.63) is 23.8 Å². The van der Waals surface area contributed by atoms with Crippen molar-refractivity contribution in [2.75, 3.05) is 18.9 Å². The minimum Gasteiger partial charge on any atom is -0.482 e. The van der Waals surface area contributed by atoms with Crippen LogP contribution in [-0.4, -0.2) is 30.1 Å². The Morgan fingerprint density at radius 1 is 1.42 bits per heavy atom. The lowest BCUT2D eigenvalue weighted by Gasteiger charge is -2.11. The van der Waals surface area contributed by atoms with Gasteiger partial charge >= 0.3 is 5.97 Å². The van der Waals surface area contributed by atoms with Crippen LogP contribution >= 0.6 is 0 Å². The molecular weight excluding hydrogens is 248 g/mol. The SMILES string of the molecule is CC(C)CNC(=O)COc1cc(C(=O)O)ccc1N. The van der Waals surface area contributed by atoms with Gasteiger partial charge in [-0.15, -0.1) is 0 Å². The van der Waals surface area contributed by atoms with Crippen molar-refractivity contribution in [2.45, 2.75) is 13.8 Å². The number of rotatable bonds is 6. The molecule has 1 rings (SSSR count). The number of ether oxygens (including phenoxy) is 1. The Hall–Kier alpha value is -2.24. The number of carboxylic acid groups (broad SMARTS) is 1. The molecule has 0 radical (unpaired) electrons. The van der Waals surface area contributed by atoms with Crippen LogP contribution in [0.1, 0.15) is 24.2 Å². The summed E-state index contributed by atoms with van der Waals surface area (Å²) in [5.74, 6) is -0.799. The van der Waals surface area contributed by atoms with Crippen molar-refractivity contribution < 1.29 is 19.4 Å². The Morgan fingerprint density at radius 3 is 2.68 bits per heavy atom. The lowest BCUT2D eigenvalue weighted by atomic mass is 10.2. The van der Waals surface area contributed by atoms with Gasteiger partial charge in [0.25, 0.3) is 5.91 Å². The number of amides is 1. The number of nitrogens with two attached hydrogens (primary N) is 1. The smallest absolute Gasteiger partial charge is 0.335 e. The summed E-state index contributed by atoms with van der Waals surface area (Å²) in [5, 5.41) is 11.5. The second-order valence-electron chi connectivity index (χ2n) is 4.54. The van der Waals surface area contributed by atoms with E-state index in [-0.39, 0.29) is 23.8 Å². The first-order valence-electron chi connectivity index (χ1n) is 5.92. The van der Waals surface area contributed by atoms with E-state index in [1.165, 1.54) is 18.2 Å². The van der Waals surface area contributed by atoms with Gasteiger partial charge in [-0.1, -0.05) is 13.8 Å². The Labute approximate surface area is 111 Å². The molecule has 0 heterocycles. The van der Waals surface area contributed by atoms with E-state index in [1.807, 2.05) is 13.8 Å². The van der Waals surface area contributed by atoms with E-state index in [0.29, 0.717) is 18.2 Å². The normalized spacial score (nSPS) is 10.3. The monoisotopic (exact) mass is 266 g/mol. The average molecular weight is 266 g/mol. The first-order chi connectivity index (χ1) is 8.90. The summed E-state index contributed by atoms with van der Waals surface area (Å²) in [6.45, 7) is 4.33. The van der Waals surface area contributed by atoms with Gasteiger partial charge in [0.05, 0.1) is 11.3 Å². The zero-order valence-corrected chi connectivity index (χ0v) is 11.0. The highest BCUT2D eigenvalue weighted by Crippen LogP contribution is 2.22. The molecule has 4 N–H and O–H groups in total. The molecule has 0 aliphatic heterocycles. The van der Waals surface area contributed by atoms with E-state index in [4.69, 9.17) is 15.6 Å². The number of aromatic carboxylic acids is 1. The zero-order chi connectivity index (χ0) is 14.4. The van der Waals surface area contributed by atoms with Crippen molar-refractivity contribution in [1.29, 1.82) is 0 Å². The summed E-state index contributed by atoms with van der Waals surface area (Å²) >= 11 is 0. The number of carboxylic acids is 1. The fraction of sp³-hybridized carbons (Fsp3) is 0.385. The van der Waals surface area contributed by atoms with Gasteiger partial charge in [-0.3, -0.25) is 4.79 Å². The van der Waals surface area contributed by atoms with Gasteiger partial charge in [-0.2, -0.15) is 0 Å². The predicted molar refractivity (Wildman–Crippen MR) is 71.2 cm³/mol. The molecule has 0 aliphatic rings. The Bertz CT molecular complexity index is 472. The third-order valence-corrected chi connectivity index (χ3v) is 2.33. The minimum atomic E-state index is -1.07. The number of anilines is 1. The summed E-state index contributed by atoms with van der Waals surface area (Å²) in [7, 11) is 0. The molecule has 0 atom stereocenters. The fourth-order valence-electron chi connectivity index (χ4n) is 1.30. The molecule has 1 aromatic carbocycles. The van der Waals surface area contributed by atoms with Gasteiger partial charge in [0.1, 0.15) is 5.75 Å². The van der Waals surface area contributed by atoms with Gasteiger partial charge in [0.2, 0.25) is 0 Å². The third kappa shape index (κ3) is 4.87. The van der Waals surface area contributed by atoms with Crippen molar-refractivity contribution in [1.82, 2.24) is 5.32 Å². The Morgan fingerprint density at radius 2 is 2.11 bits per heavy atom. The maximum Gasteiger partial charge on any atom is 0.335 e. The lowest BCUT2D eigenvalue weighted by molar-refractivity contribution is -0.123. The Balaban J connectivity index is 2.59. The molecule has 0 fully saturated rings. The number of hydrogen-bond acceptors (Lipinski definition) is 4. The van der Waals surface area contributed by atoms with E-state index in [1.54, 1.807) is 0 Å². The Kier molecular flexibility index (Phi) is 5.17.